The number of nitriles is 4. The second-order valence-electron chi connectivity index (χ2n) is 30.6. The Balaban J connectivity index is 0.000000153. The molecule has 8 aliphatic rings. The average molecular weight is 1260 g/mol. The summed E-state index contributed by atoms with van der Waals surface area (Å²) in [5, 5.41) is 55.9. The number of hydrogen-bond donors (Lipinski definition) is 1. The van der Waals surface area contributed by atoms with E-state index in [-0.39, 0.29) is 91.4 Å². The van der Waals surface area contributed by atoms with Crippen molar-refractivity contribution >= 4 is 50.3 Å². The van der Waals surface area contributed by atoms with Gasteiger partial charge in [0.1, 0.15) is 0 Å². The molecule has 4 aliphatic heterocycles. The summed E-state index contributed by atoms with van der Waals surface area (Å²) in [5.74, 6) is 2.38. The second-order valence-corrected chi connectivity index (χ2v) is 30.6. The SMILES string of the molecule is CC1(C)OB(c2cn[nH]c2)OC1(C)C.CC1(C)OB(c2cnn(C(CC#N)C3CCCC3)c2)OC1(C)C.CC1(C)OB(c2cnn([C@@H](CC#N)C3CCCC3)c2)OC1(C)C.CC1(C)OB(c2cnn([C@H](CC#N)C3CCCC3)c2)OC1(C)C.N#CC=CC1CCCC1. The molecule has 0 spiro atoms. The van der Waals surface area contributed by atoms with E-state index in [4.69, 9.17) is 42.5 Å². The first kappa shape index (κ1) is 72.3. The Bertz CT molecular complexity index is 2880. The van der Waals surface area contributed by atoms with Crippen LogP contribution in [0.2, 0.25) is 0 Å². The number of rotatable bonds is 14. The summed E-state index contributed by atoms with van der Waals surface area (Å²) in [7, 11) is -1.47. The average Bonchev–Trinajstić information content (AvgIpc) is 1.65. The van der Waals surface area contributed by atoms with Crippen LogP contribution in [0.1, 0.15) is 251 Å². The summed E-state index contributed by atoms with van der Waals surface area (Å²) < 4.78 is 54.1. The topological polar surface area (TPSA) is 251 Å². The van der Waals surface area contributed by atoms with Crippen LogP contribution >= 0.6 is 0 Å². The molecule has 4 aliphatic carbocycles. The lowest BCUT2D eigenvalue weighted by Gasteiger charge is -2.32. The number of aromatic nitrogens is 8. The molecule has 3 atom stereocenters. The molecule has 20 nitrogen and oxygen atoms in total. The van der Waals surface area contributed by atoms with E-state index in [0.717, 1.165) is 21.9 Å². The zero-order valence-corrected chi connectivity index (χ0v) is 58.2. The van der Waals surface area contributed by atoms with Crippen molar-refractivity contribution < 1.29 is 37.2 Å². The molecular formula is C68H104B4N12O8. The van der Waals surface area contributed by atoms with Crippen molar-refractivity contribution in [2.24, 2.45) is 23.7 Å². The minimum Gasteiger partial charge on any atom is -0.399 e. The number of allylic oxidation sites excluding steroid dienone is 2. The molecule has 0 bridgehead atoms. The van der Waals surface area contributed by atoms with Crippen LogP contribution in [-0.2, 0) is 37.2 Å². The number of nitrogens with one attached hydrogen (secondary N) is 1. The van der Waals surface area contributed by atoms with Gasteiger partial charge in [0.15, 0.2) is 0 Å². The summed E-state index contributed by atoms with van der Waals surface area (Å²) >= 11 is 0. The molecule has 8 heterocycles. The van der Waals surface area contributed by atoms with Crippen molar-refractivity contribution in [3.05, 3.63) is 61.7 Å². The normalized spacial score (nSPS) is 24.3. The number of nitrogens with zero attached hydrogens (tertiary/aromatic N) is 11. The van der Waals surface area contributed by atoms with Gasteiger partial charge in [-0.2, -0.15) is 41.4 Å². The lowest BCUT2D eigenvalue weighted by atomic mass is 9.82. The van der Waals surface area contributed by atoms with Gasteiger partial charge in [-0.1, -0.05) is 57.4 Å². The first-order valence-electron chi connectivity index (χ1n) is 34.1. The van der Waals surface area contributed by atoms with Gasteiger partial charge in [-0.25, -0.2) is 0 Å². The first-order chi connectivity index (χ1) is 43.4. The molecule has 4 saturated carbocycles. The molecule has 1 unspecified atom stereocenters. The molecule has 496 valence electrons. The van der Waals surface area contributed by atoms with Gasteiger partial charge in [-0.15, -0.1) is 0 Å². The lowest BCUT2D eigenvalue weighted by molar-refractivity contribution is 0.00578. The van der Waals surface area contributed by atoms with Gasteiger partial charge in [-0.05, 0) is 186 Å². The third kappa shape index (κ3) is 17.1. The highest BCUT2D eigenvalue weighted by Crippen LogP contribution is 2.42. The monoisotopic (exact) mass is 1260 g/mol. The summed E-state index contributed by atoms with van der Waals surface area (Å²) in [5.41, 5.74) is 1.07. The number of hydrogen-bond acceptors (Lipinski definition) is 16. The molecule has 92 heavy (non-hydrogen) atoms. The molecule has 0 radical (unpaired) electrons. The van der Waals surface area contributed by atoms with Gasteiger partial charge in [0.2, 0.25) is 0 Å². The standard InChI is InChI=1S/3C17H26BN3O2.C9H15BN2O2.C8H11N/c3*1-16(2)17(3,4)23-18(22-16)14-11-20-21(12-14)15(9-10-19)13-7-5-6-8-13;1-8(2)9(3,4)14-10(13-8)7-5-11-12-6-7;9-7-3-6-8-4-1-2-5-8/h3*11-13,15H,5-9H2,1-4H3;5-6H,1-4H3,(H,11,12);3,6,8H,1-2,4-5H2/t2*15-;;;/m10.../s1. The summed E-state index contributed by atoms with van der Waals surface area (Å²) in [6.45, 7) is 32.7. The molecule has 0 amide bonds. The maximum Gasteiger partial charge on any atom is 0.498 e. The summed E-state index contributed by atoms with van der Waals surface area (Å²) in [6, 6.07) is 9.48. The zero-order chi connectivity index (χ0) is 66.9. The van der Waals surface area contributed by atoms with E-state index in [2.05, 4.69) is 127 Å². The number of aromatic amines is 1. The van der Waals surface area contributed by atoms with Crippen LogP contribution in [0.3, 0.4) is 0 Å². The molecule has 0 aromatic carbocycles. The third-order valence-corrected chi connectivity index (χ3v) is 22.1. The first-order valence-corrected chi connectivity index (χ1v) is 34.1. The Hall–Kier alpha value is -5.52. The third-order valence-electron chi connectivity index (χ3n) is 22.1. The quantitative estimate of drug-likeness (QED) is 0.0910. The Morgan fingerprint density at radius 3 is 0.924 bits per heavy atom. The Kier molecular flexibility index (Phi) is 23.6. The predicted molar refractivity (Wildman–Crippen MR) is 359 cm³/mol. The summed E-state index contributed by atoms with van der Waals surface area (Å²) in [6.07, 6.45) is 40.2. The van der Waals surface area contributed by atoms with Crippen molar-refractivity contribution in [3.63, 3.8) is 0 Å². The van der Waals surface area contributed by atoms with E-state index >= 15 is 0 Å². The van der Waals surface area contributed by atoms with E-state index < -0.39 is 0 Å². The van der Waals surface area contributed by atoms with Crippen LogP contribution in [0.5, 0.6) is 0 Å². The van der Waals surface area contributed by atoms with Gasteiger partial charge >= 0.3 is 28.5 Å². The van der Waals surface area contributed by atoms with Gasteiger partial charge in [0, 0.05) is 77.5 Å². The highest BCUT2D eigenvalue weighted by atomic mass is 16.7. The van der Waals surface area contributed by atoms with E-state index in [9.17, 15) is 15.8 Å². The molecule has 24 heteroatoms. The van der Waals surface area contributed by atoms with E-state index in [0.29, 0.717) is 42.9 Å². The van der Waals surface area contributed by atoms with E-state index in [1.807, 2.05) is 91.1 Å². The molecule has 4 saturated heterocycles. The number of H-pyrrole nitrogens is 1. The van der Waals surface area contributed by atoms with Crippen LogP contribution in [0.25, 0.3) is 0 Å². The van der Waals surface area contributed by atoms with Gasteiger partial charge in [0.25, 0.3) is 0 Å². The van der Waals surface area contributed by atoms with Crippen LogP contribution in [0.15, 0.2) is 61.7 Å². The fourth-order valence-electron chi connectivity index (χ4n) is 13.3. The van der Waals surface area contributed by atoms with Gasteiger partial charge in [-0.3, -0.25) is 19.1 Å². The lowest BCUT2D eigenvalue weighted by Crippen LogP contribution is -2.41. The Morgan fingerprint density at radius 1 is 0.424 bits per heavy atom. The van der Waals surface area contributed by atoms with Crippen LogP contribution in [0.4, 0.5) is 0 Å². The Morgan fingerprint density at radius 2 is 0.685 bits per heavy atom. The summed E-state index contributed by atoms with van der Waals surface area (Å²) in [4.78, 5) is 0. The predicted octanol–water partition coefficient (Wildman–Crippen LogP) is 11.4. The maximum atomic E-state index is 9.17. The maximum absolute atomic E-state index is 9.17. The van der Waals surface area contributed by atoms with Crippen molar-refractivity contribution in [1.82, 2.24) is 39.5 Å². The van der Waals surface area contributed by atoms with E-state index in [1.165, 1.54) is 103 Å². The van der Waals surface area contributed by atoms with Crippen molar-refractivity contribution in [3.8, 4) is 24.3 Å². The largest absolute Gasteiger partial charge is 0.498 e. The van der Waals surface area contributed by atoms with Crippen LogP contribution in [-0.4, -0.2) is 113 Å². The van der Waals surface area contributed by atoms with Crippen LogP contribution < -0.4 is 21.9 Å². The minimum absolute atomic E-state index is 0.165. The van der Waals surface area contributed by atoms with Crippen molar-refractivity contribution in [2.75, 3.05) is 0 Å². The van der Waals surface area contributed by atoms with Crippen molar-refractivity contribution in [2.45, 2.75) is 296 Å². The van der Waals surface area contributed by atoms with E-state index in [1.54, 1.807) is 18.5 Å². The van der Waals surface area contributed by atoms with Gasteiger partial charge in [0.05, 0.1) is 106 Å². The van der Waals surface area contributed by atoms with Crippen LogP contribution in [0, 0.1) is 69.0 Å². The molecular weight excluding hydrogens is 1160 g/mol. The highest BCUT2D eigenvalue weighted by Gasteiger charge is 2.55. The molecule has 4 aromatic rings. The van der Waals surface area contributed by atoms with Gasteiger partial charge < -0.3 is 37.2 Å². The molecule has 12 rings (SSSR count). The molecule has 1 N–H and O–H groups in total. The smallest absolute Gasteiger partial charge is 0.399 e. The fraction of sp³-hybridized carbons (Fsp3) is 0.735. The van der Waals surface area contributed by atoms with Crippen molar-refractivity contribution in [1.29, 1.82) is 21.0 Å². The fourth-order valence-corrected chi connectivity index (χ4v) is 13.3. The minimum atomic E-state index is -0.389. The molecule has 8 fully saturated rings. The highest BCUT2D eigenvalue weighted by molar-refractivity contribution is 6.63. The zero-order valence-electron chi connectivity index (χ0n) is 58.2. The Labute approximate surface area is 551 Å². The second kappa shape index (κ2) is 30.1. The molecule has 4 aromatic heterocycles.